The maximum absolute atomic E-state index is 13.2. The van der Waals surface area contributed by atoms with E-state index in [-0.39, 0.29) is 22.8 Å². The van der Waals surface area contributed by atoms with E-state index in [1.165, 1.54) is 12.1 Å². The van der Waals surface area contributed by atoms with Crippen molar-refractivity contribution in [2.45, 2.75) is 48.3 Å². The van der Waals surface area contributed by atoms with Crippen LogP contribution in [0.2, 0.25) is 5.02 Å². The van der Waals surface area contributed by atoms with Crippen molar-refractivity contribution in [3.63, 3.8) is 0 Å². The Labute approximate surface area is 252 Å². The Morgan fingerprint density at radius 1 is 1.02 bits per heavy atom. The van der Waals surface area contributed by atoms with Crippen molar-refractivity contribution in [1.82, 2.24) is 14.8 Å². The number of hydrogen-bond donors (Lipinski definition) is 5. The number of benzene rings is 3. The second-order valence-corrected chi connectivity index (χ2v) is 14.0. The van der Waals surface area contributed by atoms with Crippen LogP contribution in [0, 0.1) is 0 Å². The van der Waals surface area contributed by atoms with Gasteiger partial charge in [-0.1, -0.05) is 60.1 Å². The summed E-state index contributed by atoms with van der Waals surface area (Å²) >= 11 is 6.46. The van der Waals surface area contributed by atoms with E-state index >= 15 is 0 Å². The summed E-state index contributed by atoms with van der Waals surface area (Å²) in [5, 5.41) is 2.10. The van der Waals surface area contributed by atoms with Crippen molar-refractivity contribution in [3.8, 4) is 5.75 Å². The van der Waals surface area contributed by atoms with Crippen molar-refractivity contribution >= 4 is 44.2 Å². The van der Waals surface area contributed by atoms with E-state index in [0.717, 1.165) is 18.6 Å². The lowest BCUT2D eigenvalue weighted by Crippen LogP contribution is -2.48. The van der Waals surface area contributed by atoms with Gasteiger partial charge in [-0.15, -0.1) is 10.8 Å². The molecular formula is C29H34ClN3O7S2. The van der Waals surface area contributed by atoms with Crippen LogP contribution in [0.1, 0.15) is 42.1 Å². The third-order valence-electron chi connectivity index (χ3n) is 6.68. The van der Waals surface area contributed by atoms with Gasteiger partial charge in [0.05, 0.1) is 17.9 Å². The fraction of sp³-hybridized carbons (Fsp3) is 0.310. The molecule has 10 nitrogen and oxygen atoms in total. The van der Waals surface area contributed by atoms with Gasteiger partial charge in [0.2, 0.25) is 21.8 Å². The SMILES string of the molecule is O=C1CC(c2ccc(CC(NS(=O)(=O)c3ccccc3)C(=O)NCCCCCOc3ccccc3)cc2Cl)S(O)(O)N1. The summed E-state index contributed by atoms with van der Waals surface area (Å²) in [7, 11) is -7.41. The molecule has 3 aromatic carbocycles. The molecule has 226 valence electrons. The van der Waals surface area contributed by atoms with Crippen LogP contribution in [0.25, 0.3) is 0 Å². The Morgan fingerprint density at radius 2 is 1.71 bits per heavy atom. The summed E-state index contributed by atoms with van der Waals surface area (Å²) in [6.07, 6.45) is 2.15. The number of unbranched alkanes of at least 4 members (excludes halogenated alkanes) is 2. The van der Waals surface area contributed by atoms with Gasteiger partial charge in [-0.2, -0.15) is 4.72 Å². The first kappa shape index (κ1) is 31.8. The molecule has 5 N–H and O–H groups in total. The van der Waals surface area contributed by atoms with Crippen LogP contribution in [0.4, 0.5) is 0 Å². The van der Waals surface area contributed by atoms with Gasteiger partial charge in [0, 0.05) is 11.6 Å². The fourth-order valence-electron chi connectivity index (χ4n) is 4.53. The molecule has 3 aromatic rings. The van der Waals surface area contributed by atoms with Crippen molar-refractivity contribution in [2.24, 2.45) is 0 Å². The minimum absolute atomic E-state index is 0.0130. The topological polar surface area (TPSA) is 154 Å². The molecule has 4 rings (SSSR count). The fourth-order valence-corrected chi connectivity index (χ4v) is 7.65. The lowest BCUT2D eigenvalue weighted by Gasteiger charge is -2.33. The highest BCUT2D eigenvalue weighted by Crippen LogP contribution is 2.57. The first-order valence-corrected chi connectivity index (χ1v) is 16.9. The van der Waals surface area contributed by atoms with Gasteiger partial charge in [-0.05, 0) is 67.1 Å². The molecule has 42 heavy (non-hydrogen) atoms. The predicted molar refractivity (Wildman–Crippen MR) is 163 cm³/mol. The first-order valence-electron chi connectivity index (χ1n) is 13.4. The normalized spacial score (nSPS) is 17.7. The number of carbonyl (C=O) groups excluding carboxylic acids is 2. The highest BCUT2D eigenvalue weighted by Gasteiger charge is 2.39. The number of ether oxygens (including phenoxy) is 1. The molecule has 0 saturated carbocycles. The van der Waals surface area contributed by atoms with Gasteiger partial charge < -0.3 is 10.1 Å². The molecule has 0 spiro atoms. The van der Waals surface area contributed by atoms with Crippen LogP contribution >= 0.6 is 22.4 Å². The Balaban J connectivity index is 1.39. The second-order valence-electron chi connectivity index (χ2n) is 9.87. The van der Waals surface area contributed by atoms with Crippen molar-refractivity contribution in [1.29, 1.82) is 0 Å². The van der Waals surface area contributed by atoms with Gasteiger partial charge in [0.25, 0.3) is 0 Å². The number of rotatable bonds is 14. The number of nitrogens with one attached hydrogen (secondary N) is 3. The Bertz CT molecular complexity index is 1480. The number of hydrogen-bond acceptors (Lipinski definition) is 7. The zero-order valence-corrected chi connectivity index (χ0v) is 25.1. The van der Waals surface area contributed by atoms with E-state index < -0.39 is 43.9 Å². The molecule has 1 fully saturated rings. The summed E-state index contributed by atoms with van der Waals surface area (Å²) in [5.41, 5.74) is 0.923. The Morgan fingerprint density at radius 3 is 2.36 bits per heavy atom. The van der Waals surface area contributed by atoms with Crippen LogP contribution < -0.4 is 19.5 Å². The molecule has 0 aliphatic carbocycles. The number of amides is 2. The van der Waals surface area contributed by atoms with Gasteiger partial charge in [-0.3, -0.25) is 23.4 Å². The molecule has 2 amide bonds. The summed E-state index contributed by atoms with van der Waals surface area (Å²) in [6.45, 7) is 0.905. The summed E-state index contributed by atoms with van der Waals surface area (Å²) in [5.74, 6) is -0.180. The van der Waals surface area contributed by atoms with Crippen LogP contribution in [-0.4, -0.2) is 48.5 Å². The molecule has 1 aliphatic heterocycles. The standard InChI is InChI=1S/C29H34ClN3O7S2/c30-25-18-21(14-15-24(25)27-20-28(34)33-42(27,38)39)19-26(32-41(36,37)23-12-6-2-7-13-23)29(35)31-16-8-3-9-17-40-22-10-4-1-5-11-22/h1-2,4-7,10-15,18,26-27,32,38-39H,3,8-9,16-17,19-20H2,(H,31,35)(H,33,34). The predicted octanol–water partition coefficient (Wildman–Crippen LogP) is 4.82. The van der Waals surface area contributed by atoms with Crippen LogP contribution in [0.3, 0.4) is 0 Å². The van der Waals surface area contributed by atoms with E-state index in [0.29, 0.717) is 30.7 Å². The third kappa shape index (κ3) is 8.69. The van der Waals surface area contributed by atoms with Crippen LogP contribution in [-0.2, 0) is 26.0 Å². The van der Waals surface area contributed by atoms with Gasteiger partial charge in [0.1, 0.15) is 17.0 Å². The van der Waals surface area contributed by atoms with Crippen molar-refractivity contribution in [2.75, 3.05) is 13.2 Å². The molecule has 0 aromatic heterocycles. The van der Waals surface area contributed by atoms with E-state index in [9.17, 15) is 27.1 Å². The number of para-hydroxylation sites is 1. The average molecular weight is 636 g/mol. The molecule has 13 heteroatoms. The largest absolute Gasteiger partial charge is 0.494 e. The minimum atomic E-state index is -4.02. The van der Waals surface area contributed by atoms with E-state index in [1.807, 2.05) is 30.3 Å². The first-order chi connectivity index (χ1) is 20.0. The zero-order valence-electron chi connectivity index (χ0n) is 22.7. The van der Waals surface area contributed by atoms with E-state index in [4.69, 9.17) is 16.3 Å². The molecule has 0 bridgehead atoms. The number of halogens is 1. The second kappa shape index (κ2) is 14.4. The molecule has 1 saturated heterocycles. The number of carbonyl (C=O) groups is 2. The lowest BCUT2D eigenvalue weighted by molar-refractivity contribution is -0.122. The summed E-state index contributed by atoms with van der Waals surface area (Å²) in [4.78, 5) is 25.0. The maximum Gasteiger partial charge on any atom is 0.241 e. The molecule has 0 radical (unpaired) electrons. The van der Waals surface area contributed by atoms with Crippen LogP contribution in [0.5, 0.6) is 5.75 Å². The van der Waals surface area contributed by atoms with Crippen molar-refractivity contribution < 1.29 is 31.8 Å². The van der Waals surface area contributed by atoms with Gasteiger partial charge >= 0.3 is 0 Å². The van der Waals surface area contributed by atoms with E-state index in [1.54, 1.807) is 36.4 Å². The van der Waals surface area contributed by atoms with Gasteiger partial charge in [-0.25, -0.2) is 8.42 Å². The highest BCUT2D eigenvalue weighted by molar-refractivity contribution is 8.23. The molecule has 2 unspecified atom stereocenters. The van der Waals surface area contributed by atoms with E-state index in [2.05, 4.69) is 14.8 Å². The Hall–Kier alpha value is -3.13. The lowest BCUT2D eigenvalue weighted by atomic mass is 10.0. The molecule has 1 aliphatic rings. The van der Waals surface area contributed by atoms with Crippen molar-refractivity contribution in [3.05, 3.63) is 95.0 Å². The molecule has 1 heterocycles. The quantitative estimate of drug-likeness (QED) is 0.159. The smallest absolute Gasteiger partial charge is 0.241 e. The van der Waals surface area contributed by atoms with Crippen LogP contribution in [0.15, 0.2) is 83.8 Å². The van der Waals surface area contributed by atoms with Gasteiger partial charge in [0.15, 0.2) is 0 Å². The Kier molecular flexibility index (Phi) is 10.9. The zero-order chi connectivity index (χ0) is 30.2. The molecular weight excluding hydrogens is 602 g/mol. The number of sulfonamides is 1. The summed E-state index contributed by atoms with van der Waals surface area (Å²) < 4.78 is 57.0. The highest BCUT2D eigenvalue weighted by atomic mass is 35.5. The average Bonchev–Trinajstić information content (AvgIpc) is 3.24. The molecule has 2 atom stereocenters. The minimum Gasteiger partial charge on any atom is -0.494 e. The summed E-state index contributed by atoms with van der Waals surface area (Å²) in [6, 6.07) is 20.8. The third-order valence-corrected chi connectivity index (χ3v) is 10.2. The maximum atomic E-state index is 13.2. The monoisotopic (exact) mass is 635 g/mol.